The Balaban J connectivity index is 1.61. The van der Waals surface area contributed by atoms with Crippen molar-refractivity contribution in [2.75, 3.05) is 19.8 Å². The van der Waals surface area contributed by atoms with Crippen molar-refractivity contribution in [3.05, 3.63) is 72.3 Å². The predicted molar refractivity (Wildman–Crippen MR) is 147 cm³/mol. The lowest BCUT2D eigenvalue weighted by Crippen LogP contribution is -2.06. The standard InChI is InChI=1S/C31H40O6/c1-4-5-6-9-22-35-28-17-19-29(20-18-28)37-30(32)21-14-26-12-15-27(16-13-26)34-23-10-7-8-11-24-36-31(33)25(2)3/h12-21H,2,4-11,22-24H2,1,3H3. The van der Waals surface area contributed by atoms with Crippen molar-refractivity contribution >= 4 is 18.0 Å². The molecule has 0 N–H and O–H groups in total. The maximum Gasteiger partial charge on any atom is 0.336 e. The minimum Gasteiger partial charge on any atom is -0.494 e. The highest BCUT2D eigenvalue weighted by Gasteiger charge is 2.03. The molecule has 0 radical (unpaired) electrons. The van der Waals surface area contributed by atoms with E-state index in [1.165, 1.54) is 25.3 Å². The molecule has 0 spiro atoms. The van der Waals surface area contributed by atoms with Crippen molar-refractivity contribution in [3.63, 3.8) is 0 Å². The Labute approximate surface area is 221 Å². The fourth-order valence-electron chi connectivity index (χ4n) is 3.35. The van der Waals surface area contributed by atoms with E-state index in [1.54, 1.807) is 25.1 Å². The zero-order valence-corrected chi connectivity index (χ0v) is 22.2. The summed E-state index contributed by atoms with van der Waals surface area (Å²) in [7, 11) is 0. The second-order valence-corrected chi connectivity index (χ2v) is 8.88. The largest absolute Gasteiger partial charge is 0.494 e. The van der Waals surface area contributed by atoms with E-state index in [4.69, 9.17) is 18.9 Å². The Hall–Kier alpha value is -3.54. The van der Waals surface area contributed by atoms with Gasteiger partial charge in [-0.3, -0.25) is 0 Å². The highest BCUT2D eigenvalue weighted by atomic mass is 16.5. The number of esters is 2. The minimum atomic E-state index is -0.442. The molecule has 0 heterocycles. The Morgan fingerprint density at radius 2 is 1.24 bits per heavy atom. The molecule has 0 amide bonds. The van der Waals surface area contributed by atoms with Gasteiger partial charge in [-0.25, -0.2) is 9.59 Å². The molecule has 2 aromatic rings. The molecule has 0 atom stereocenters. The summed E-state index contributed by atoms with van der Waals surface area (Å²) >= 11 is 0. The molecule has 0 saturated carbocycles. The van der Waals surface area contributed by atoms with E-state index >= 15 is 0 Å². The van der Waals surface area contributed by atoms with Crippen molar-refractivity contribution in [1.82, 2.24) is 0 Å². The van der Waals surface area contributed by atoms with Crippen LogP contribution in [-0.2, 0) is 14.3 Å². The van der Waals surface area contributed by atoms with Gasteiger partial charge in [0.15, 0.2) is 0 Å². The highest BCUT2D eigenvalue weighted by molar-refractivity contribution is 5.88. The number of benzene rings is 2. The maximum atomic E-state index is 12.1. The lowest BCUT2D eigenvalue weighted by atomic mass is 10.2. The van der Waals surface area contributed by atoms with Crippen LogP contribution in [0, 0.1) is 0 Å². The molecule has 0 bridgehead atoms. The summed E-state index contributed by atoms with van der Waals surface area (Å²) in [4.78, 5) is 23.4. The molecule has 200 valence electrons. The molecule has 0 unspecified atom stereocenters. The van der Waals surface area contributed by atoms with Crippen LogP contribution in [0.25, 0.3) is 6.08 Å². The van der Waals surface area contributed by atoms with Crippen LogP contribution >= 0.6 is 0 Å². The van der Waals surface area contributed by atoms with Gasteiger partial charge in [0.25, 0.3) is 0 Å². The first-order chi connectivity index (χ1) is 18.0. The van der Waals surface area contributed by atoms with Crippen LogP contribution in [-0.4, -0.2) is 31.8 Å². The maximum absolute atomic E-state index is 12.1. The van der Waals surface area contributed by atoms with Crippen LogP contribution in [0.4, 0.5) is 0 Å². The molecule has 0 aliphatic carbocycles. The van der Waals surface area contributed by atoms with E-state index in [2.05, 4.69) is 13.5 Å². The van der Waals surface area contributed by atoms with Gasteiger partial charge in [-0.2, -0.15) is 0 Å². The average molecular weight is 509 g/mol. The van der Waals surface area contributed by atoms with Crippen LogP contribution < -0.4 is 14.2 Å². The molecular weight excluding hydrogens is 468 g/mol. The first-order valence-corrected chi connectivity index (χ1v) is 13.2. The van der Waals surface area contributed by atoms with E-state index in [0.717, 1.165) is 49.2 Å². The Kier molecular flexibility index (Phi) is 14.3. The summed E-state index contributed by atoms with van der Waals surface area (Å²) in [5.41, 5.74) is 1.30. The van der Waals surface area contributed by atoms with E-state index in [9.17, 15) is 9.59 Å². The molecule has 37 heavy (non-hydrogen) atoms. The van der Waals surface area contributed by atoms with Gasteiger partial charge in [-0.1, -0.05) is 44.9 Å². The van der Waals surface area contributed by atoms with Crippen molar-refractivity contribution in [2.45, 2.75) is 65.2 Å². The van der Waals surface area contributed by atoms with Gasteiger partial charge in [0, 0.05) is 11.6 Å². The molecule has 2 rings (SSSR count). The zero-order chi connectivity index (χ0) is 26.7. The van der Waals surface area contributed by atoms with Gasteiger partial charge in [0.2, 0.25) is 0 Å². The highest BCUT2D eigenvalue weighted by Crippen LogP contribution is 2.19. The van der Waals surface area contributed by atoms with Gasteiger partial charge in [-0.05, 0) is 87.1 Å². The lowest BCUT2D eigenvalue weighted by molar-refractivity contribution is -0.139. The molecule has 0 fully saturated rings. The zero-order valence-electron chi connectivity index (χ0n) is 22.2. The Morgan fingerprint density at radius 1 is 0.730 bits per heavy atom. The third kappa shape index (κ3) is 13.4. The van der Waals surface area contributed by atoms with E-state index < -0.39 is 5.97 Å². The van der Waals surface area contributed by atoms with Crippen LogP contribution in [0.1, 0.15) is 70.8 Å². The van der Waals surface area contributed by atoms with Gasteiger partial charge >= 0.3 is 11.9 Å². The van der Waals surface area contributed by atoms with Crippen molar-refractivity contribution < 1.29 is 28.5 Å². The van der Waals surface area contributed by atoms with Crippen LogP contribution in [0.5, 0.6) is 17.2 Å². The summed E-state index contributed by atoms with van der Waals surface area (Å²) < 4.78 is 21.9. The van der Waals surface area contributed by atoms with Crippen LogP contribution in [0.3, 0.4) is 0 Å². The van der Waals surface area contributed by atoms with Crippen molar-refractivity contribution in [3.8, 4) is 17.2 Å². The van der Waals surface area contributed by atoms with E-state index in [0.29, 0.717) is 31.1 Å². The average Bonchev–Trinajstić information content (AvgIpc) is 2.90. The summed E-state index contributed by atoms with van der Waals surface area (Å²) in [5, 5.41) is 0. The number of hydrogen-bond acceptors (Lipinski definition) is 6. The minimum absolute atomic E-state index is 0.331. The SMILES string of the molecule is C=C(C)C(=O)OCCCCCCOc1ccc(C=CC(=O)Oc2ccc(OCCCCCC)cc2)cc1. The molecule has 0 aromatic heterocycles. The van der Waals surface area contributed by atoms with Gasteiger partial charge in [0.05, 0.1) is 19.8 Å². The first-order valence-electron chi connectivity index (χ1n) is 13.2. The molecule has 0 aliphatic rings. The van der Waals surface area contributed by atoms with Crippen molar-refractivity contribution in [1.29, 1.82) is 0 Å². The molecular formula is C31H40O6. The summed E-state index contributed by atoms with van der Waals surface area (Å²) in [5.74, 6) is 1.26. The van der Waals surface area contributed by atoms with Gasteiger partial charge in [0.1, 0.15) is 17.2 Å². The number of carbonyl (C=O) groups excluding carboxylic acids is 2. The lowest BCUT2D eigenvalue weighted by Gasteiger charge is -2.07. The third-order valence-electron chi connectivity index (χ3n) is 5.49. The number of carbonyl (C=O) groups is 2. The summed E-state index contributed by atoms with van der Waals surface area (Å²) in [6.45, 7) is 9.13. The monoisotopic (exact) mass is 508 g/mol. The smallest absolute Gasteiger partial charge is 0.336 e. The van der Waals surface area contributed by atoms with E-state index in [1.807, 2.05) is 36.4 Å². The Morgan fingerprint density at radius 3 is 1.81 bits per heavy atom. The topological polar surface area (TPSA) is 71.1 Å². The number of hydrogen-bond donors (Lipinski definition) is 0. The molecule has 6 nitrogen and oxygen atoms in total. The van der Waals surface area contributed by atoms with Gasteiger partial charge in [-0.15, -0.1) is 0 Å². The molecule has 0 aliphatic heterocycles. The molecule has 6 heteroatoms. The number of ether oxygens (including phenoxy) is 4. The summed E-state index contributed by atoms with van der Waals surface area (Å²) in [6, 6.07) is 14.6. The second kappa shape index (κ2) is 17.8. The third-order valence-corrected chi connectivity index (χ3v) is 5.49. The molecule has 0 saturated heterocycles. The predicted octanol–water partition coefficient (Wildman–Crippen LogP) is 7.32. The quantitative estimate of drug-likeness (QED) is 0.0909. The first kappa shape index (κ1) is 29.7. The van der Waals surface area contributed by atoms with Crippen LogP contribution in [0.2, 0.25) is 0 Å². The Bertz CT molecular complexity index is 976. The second-order valence-electron chi connectivity index (χ2n) is 8.88. The fourth-order valence-corrected chi connectivity index (χ4v) is 3.35. The van der Waals surface area contributed by atoms with E-state index in [-0.39, 0.29) is 5.97 Å². The van der Waals surface area contributed by atoms with Crippen molar-refractivity contribution in [2.24, 2.45) is 0 Å². The summed E-state index contributed by atoms with van der Waals surface area (Å²) in [6.07, 6.45) is 11.5. The fraction of sp³-hybridized carbons (Fsp3) is 0.419. The normalized spacial score (nSPS) is 10.8. The van der Waals surface area contributed by atoms with Crippen LogP contribution in [0.15, 0.2) is 66.8 Å². The number of unbranched alkanes of at least 4 members (excludes halogenated alkanes) is 6. The number of rotatable bonds is 18. The van der Waals surface area contributed by atoms with Gasteiger partial charge < -0.3 is 18.9 Å². The molecule has 2 aromatic carbocycles.